The second-order valence-electron chi connectivity index (χ2n) is 4.23. The van der Waals surface area contributed by atoms with Crippen LogP contribution in [0.2, 0.25) is 5.02 Å². The molecule has 1 amide bonds. The smallest absolute Gasteiger partial charge is 0.328 e. The highest BCUT2D eigenvalue weighted by Gasteiger charge is 2.25. The summed E-state index contributed by atoms with van der Waals surface area (Å²) in [5, 5.41) is 3.11. The van der Waals surface area contributed by atoms with Crippen LogP contribution in [-0.4, -0.2) is 25.0 Å². The molecule has 0 saturated heterocycles. The predicted molar refractivity (Wildman–Crippen MR) is 69.6 cm³/mol. The van der Waals surface area contributed by atoms with Crippen LogP contribution in [0.4, 0.5) is 0 Å². The van der Waals surface area contributed by atoms with Crippen LogP contribution in [0, 0.1) is 5.92 Å². The van der Waals surface area contributed by atoms with Crippen LogP contribution >= 0.6 is 11.6 Å². The van der Waals surface area contributed by atoms with Crippen molar-refractivity contribution in [1.82, 2.24) is 5.32 Å². The fraction of sp³-hybridized carbons (Fsp3) is 0.385. The number of benzene rings is 1. The second-order valence-corrected chi connectivity index (χ2v) is 4.67. The number of hydrogen-bond acceptors (Lipinski definition) is 3. The Hall–Kier alpha value is -1.55. The third-order valence-corrected chi connectivity index (χ3v) is 2.73. The lowest BCUT2D eigenvalue weighted by Crippen LogP contribution is -2.45. The molecule has 0 fully saturated rings. The fourth-order valence-electron chi connectivity index (χ4n) is 1.48. The van der Waals surface area contributed by atoms with Crippen LogP contribution in [0.5, 0.6) is 0 Å². The number of nitrogens with one attached hydrogen (secondary N) is 1. The van der Waals surface area contributed by atoms with Gasteiger partial charge in [0.2, 0.25) is 0 Å². The molecular formula is C13H16ClNO3. The summed E-state index contributed by atoms with van der Waals surface area (Å²) in [6.45, 7) is 3.67. The molecule has 0 unspecified atom stereocenters. The molecule has 0 aliphatic rings. The van der Waals surface area contributed by atoms with Gasteiger partial charge in [-0.05, 0) is 24.1 Å². The maximum Gasteiger partial charge on any atom is 0.328 e. The van der Waals surface area contributed by atoms with E-state index in [0.29, 0.717) is 10.6 Å². The normalized spacial score (nSPS) is 12.1. The van der Waals surface area contributed by atoms with Gasteiger partial charge in [0.25, 0.3) is 5.91 Å². The van der Waals surface area contributed by atoms with E-state index >= 15 is 0 Å². The Morgan fingerprint density at radius 2 is 2.00 bits per heavy atom. The van der Waals surface area contributed by atoms with Crippen LogP contribution < -0.4 is 5.32 Å². The molecule has 0 aromatic heterocycles. The second kappa shape index (κ2) is 6.40. The molecule has 0 bridgehead atoms. The highest BCUT2D eigenvalue weighted by atomic mass is 35.5. The molecule has 18 heavy (non-hydrogen) atoms. The number of ether oxygens (including phenoxy) is 1. The molecule has 98 valence electrons. The van der Waals surface area contributed by atoms with Gasteiger partial charge in [-0.15, -0.1) is 0 Å². The summed E-state index contributed by atoms with van der Waals surface area (Å²) < 4.78 is 4.65. The summed E-state index contributed by atoms with van der Waals surface area (Å²) in [7, 11) is 1.29. The molecule has 0 aliphatic heterocycles. The Labute approximate surface area is 111 Å². The predicted octanol–water partition coefficient (Wildman–Crippen LogP) is 2.27. The average Bonchev–Trinajstić information content (AvgIpc) is 2.34. The van der Waals surface area contributed by atoms with Gasteiger partial charge in [-0.2, -0.15) is 0 Å². The number of halogens is 1. The van der Waals surface area contributed by atoms with Gasteiger partial charge in [-0.25, -0.2) is 4.79 Å². The van der Waals surface area contributed by atoms with E-state index in [1.54, 1.807) is 24.3 Å². The molecule has 0 heterocycles. The van der Waals surface area contributed by atoms with E-state index in [1.807, 2.05) is 13.8 Å². The first kappa shape index (κ1) is 14.5. The molecule has 1 aromatic rings. The van der Waals surface area contributed by atoms with Crippen molar-refractivity contribution in [1.29, 1.82) is 0 Å². The van der Waals surface area contributed by atoms with Crippen molar-refractivity contribution >= 4 is 23.5 Å². The highest BCUT2D eigenvalue weighted by Crippen LogP contribution is 2.12. The van der Waals surface area contributed by atoms with Crippen molar-refractivity contribution < 1.29 is 14.3 Å². The summed E-state index contributed by atoms with van der Waals surface area (Å²) >= 11 is 5.81. The van der Waals surface area contributed by atoms with Gasteiger partial charge in [0.15, 0.2) is 0 Å². The van der Waals surface area contributed by atoms with Gasteiger partial charge in [-0.3, -0.25) is 4.79 Å². The van der Waals surface area contributed by atoms with Crippen LogP contribution in [0.25, 0.3) is 0 Å². The van der Waals surface area contributed by atoms with Gasteiger partial charge in [-0.1, -0.05) is 31.5 Å². The Balaban J connectivity index is 2.82. The van der Waals surface area contributed by atoms with Crippen molar-refractivity contribution in [3.8, 4) is 0 Å². The molecule has 0 saturated carbocycles. The number of carbonyl (C=O) groups is 2. The van der Waals surface area contributed by atoms with E-state index in [0.717, 1.165) is 0 Å². The molecule has 1 rings (SSSR count). The van der Waals surface area contributed by atoms with E-state index in [4.69, 9.17) is 11.6 Å². The molecule has 0 aliphatic carbocycles. The first-order valence-electron chi connectivity index (χ1n) is 5.60. The Morgan fingerprint density at radius 3 is 2.50 bits per heavy atom. The standard InChI is InChI=1S/C13H16ClNO3/c1-8(2)11(13(17)18-3)15-12(16)9-5-4-6-10(14)7-9/h4-8,11H,1-3H3,(H,15,16)/t11-/m0/s1. The highest BCUT2D eigenvalue weighted by molar-refractivity contribution is 6.30. The van der Waals surface area contributed by atoms with E-state index < -0.39 is 12.0 Å². The number of amides is 1. The van der Waals surface area contributed by atoms with E-state index in [2.05, 4.69) is 10.1 Å². The molecular weight excluding hydrogens is 254 g/mol. The van der Waals surface area contributed by atoms with Crippen LogP contribution in [-0.2, 0) is 9.53 Å². The van der Waals surface area contributed by atoms with E-state index in [9.17, 15) is 9.59 Å². The van der Waals surface area contributed by atoms with Crippen molar-refractivity contribution in [3.63, 3.8) is 0 Å². The minimum atomic E-state index is -0.665. The Kier molecular flexibility index (Phi) is 5.16. The van der Waals surface area contributed by atoms with Crippen LogP contribution in [0.1, 0.15) is 24.2 Å². The zero-order valence-corrected chi connectivity index (χ0v) is 11.3. The molecule has 1 aromatic carbocycles. The minimum Gasteiger partial charge on any atom is -0.467 e. The fourth-order valence-corrected chi connectivity index (χ4v) is 1.67. The lowest BCUT2D eigenvalue weighted by Gasteiger charge is -2.19. The molecule has 5 heteroatoms. The summed E-state index contributed by atoms with van der Waals surface area (Å²) in [6.07, 6.45) is 0. The number of rotatable bonds is 4. The summed E-state index contributed by atoms with van der Waals surface area (Å²) in [5.74, 6) is -0.859. The van der Waals surface area contributed by atoms with Gasteiger partial charge in [0.05, 0.1) is 7.11 Å². The summed E-state index contributed by atoms with van der Waals surface area (Å²) in [4.78, 5) is 23.5. The van der Waals surface area contributed by atoms with E-state index in [-0.39, 0.29) is 11.8 Å². The van der Waals surface area contributed by atoms with Crippen molar-refractivity contribution in [2.75, 3.05) is 7.11 Å². The molecule has 1 atom stereocenters. The van der Waals surface area contributed by atoms with Gasteiger partial charge in [0, 0.05) is 10.6 Å². The Morgan fingerprint density at radius 1 is 1.33 bits per heavy atom. The lowest BCUT2D eigenvalue weighted by atomic mass is 10.0. The summed E-state index contributed by atoms with van der Waals surface area (Å²) in [5.41, 5.74) is 0.414. The average molecular weight is 270 g/mol. The topological polar surface area (TPSA) is 55.4 Å². The van der Waals surface area contributed by atoms with Crippen molar-refractivity contribution in [2.45, 2.75) is 19.9 Å². The first-order chi connectivity index (χ1) is 8.45. The maximum absolute atomic E-state index is 12.0. The van der Waals surface area contributed by atoms with Gasteiger partial charge >= 0.3 is 5.97 Å². The number of hydrogen-bond donors (Lipinski definition) is 1. The number of esters is 1. The minimum absolute atomic E-state index is 0.0550. The number of carbonyl (C=O) groups excluding carboxylic acids is 2. The maximum atomic E-state index is 12.0. The third kappa shape index (κ3) is 3.74. The Bertz CT molecular complexity index is 446. The SMILES string of the molecule is COC(=O)[C@@H](NC(=O)c1cccc(Cl)c1)C(C)C. The van der Waals surface area contributed by atoms with Crippen molar-refractivity contribution in [3.05, 3.63) is 34.9 Å². The van der Waals surface area contributed by atoms with Crippen LogP contribution in [0.15, 0.2) is 24.3 Å². The summed E-state index contributed by atoms with van der Waals surface area (Å²) in [6, 6.07) is 5.88. The molecule has 1 N–H and O–H groups in total. The first-order valence-corrected chi connectivity index (χ1v) is 5.97. The van der Waals surface area contributed by atoms with Gasteiger partial charge in [0.1, 0.15) is 6.04 Å². The molecule has 4 nitrogen and oxygen atoms in total. The lowest BCUT2D eigenvalue weighted by molar-refractivity contribution is -0.144. The largest absolute Gasteiger partial charge is 0.467 e. The zero-order valence-electron chi connectivity index (χ0n) is 10.6. The third-order valence-electron chi connectivity index (χ3n) is 2.50. The van der Waals surface area contributed by atoms with Crippen LogP contribution in [0.3, 0.4) is 0 Å². The quantitative estimate of drug-likeness (QED) is 0.853. The zero-order chi connectivity index (χ0) is 13.7. The van der Waals surface area contributed by atoms with E-state index in [1.165, 1.54) is 7.11 Å². The molecule has 0 radical (unpaired) electrons. The number of methoxy groups -OCH3 is 1. The van der Waals surface area contributed by atoms with Crippen molar-refractivity contribution in [2.24, 2.45) is 5.92 Å². The van der Waals surface area contributed by atoms with Gasteiger partial charge < -0.3 is 10.1 Å². The molecule has 0 spiro atoms. The monoisotopic (exact) mass is 269 g/mol.